The maximum Gasteiger partial charge on any atom is 0.0350 e. The highest BCUT2D eigenvalue weighted by Gasteiger charge is 1.94. The molecule has 2 rings (SSSR count). The number of hydrogen-bond donors (Lipinski definition) is 1. The number of unbranched alkanes of at least 4 members (excludes halogenated alkanes) is 1. The predicted molar refractivity (Wildman–Crippen MR) is 87.0 cm³/mol. The summed E-state index contributed by atoms with van der Waals surface area (Å²) in [6.07, 6.45) is 3.62. The first kappa shape index (κ1) is 13.4. The number of halogens is 1. The molecule has 18 heavy (non-hydrogen) atoms. The molecular weight excluding hydrogens is 333 g/mol. The largest absolute Gasteiger partial charge is 0.385 e. The molecule has 0 fully saturated rings. The van der Waals surface area contributed by atoms with Gasteiger partial charge in [-0.15, -0.1) is 0 Å². The third-order valence-electron chi connectivity index (χ3n) is 2.89. The van der Waals surface area contributed by atoms with Gasteiger partial charge in [-0.2, -0.15) is 0 Å². The molecule has 0 aliphatic rings. The van der Waals surface area contributed by atoms with Gasteiger partial charge < -0.3 is 5.32 Å². The molecule has 0 heterocycles. The molecule has 94 valence electrons. The molecule has 1 nitrogen and oxygen atoms in total. The maximum atomic E-state index is 3.47. The standard InChI is InChI=1S/C16H18IN/c17-15-10-6-11-16(13-15)18-12-5-4-9-14-7-2-1-3-8-14/h1-3,6-8,10-11,13,18H,4-5,9,12H2. The molecule has 2 heteroatoms. The van der Waals surface area contributed by atoms with Gasteiger partial charge in [0.2, 0.25) is 0 Å². The van der Waals surface area contributed by atoms with Gasteiger partial charge in [-0.3, -0.25) is 0 Å². The Balaban J connectivity index is 1.65. The lowest BCUT2D eigenvalue weighted by Gasteiger charge is -2.06. The summed E-state index contributed by atoms with van der Waals surface area (Å²) in [4.78, 5) is 0. The van der Waals surface area contributed by atoms with Crippen LogP contribution in [0.1, 0.15) is 18.4 Å². The summed E-state index contributed by atoms with van der Waals surface area (Å²) >= 11 is 2.34. The fourth-order valence-electron chi connectivity index (χ4n) is 1.93. The SMILES string of the molecule is Ic1cccc(NCCCCc2ccccc2)c1. The predicted octanol–water partition coefficient (Wildman–Crippen LogP) is 4.73. The fraction of sp³-hybridized carbons (Fsp3) is 0.250. The van der Waals surface area contributed by atoms with E-state index in [1.54, 1.807) is 0 Å². The van der Waals surface area contributed by atoms with Crippen molar-refractivity contribution >= 4 is 28.3 Å². The van der Waals surface area contributed by atoms with Crippen LogP contribution in [0.4, 0.5) is 5.69 Å². The number of anilines is 1. The second kappa shape index (κ2) is 7.41. The molecule has 0 saturated carbocycles. The van der Waals surface area contributed by atoms with Crippen LogP contribution in [0.5, 0.6) is 0 Å². The highest BCUT2D eigenvalue weighted by atomic mass is 127. The molecule has 2 aromatic rings. The Morgan fingerprint density at radius 3 is 2.50 bits per heavy atom. The van der Waals surface area contributed by atoms with E-state index < -0.39 is 0 Å². The van der Waals surface area contributed by atoms with Crippen molar-refractivity contribution in [1.29, 1.82) is 0 Å². The fourth-order valence-corrected chi connectivity index (χ4v) is 2.47. The summed E-state index contributed by atoms with van der Waals surface area (Å²) < 4.78 is 1.28. The Labute approximate surface area is 123 Å². The summed E-state index contributed by atoms with van der Waals surface area (Å²) in [6, 6.07) is 19.2. The van der Waals surface area contributed by atoms with Crippen LogP contribution in [0, 0.1) is 3.57 Å². The first-order chi connectivity index (χ1) is 8.84. The van der Waals surface area contributed by atoms with Gasteiger partial charge in [-0.05, 0) is 65.6 Å². The smallest absolute Gasteiger partial charge is 0.0350 e. The molecule has 0 saturated heterocycles. The summed E-state index contributed by atoms with van der Waals surface area (Å²) in [7, 11) is 0. The summed E-state index contributed by atoms with van der Waals surface area (Å²) in [5.41, 5.74) is 2.66. The lowest BCUT2D eigenvalue weighted by Crippen LogP contribution is -2.02. The van der Waals surface area contributed by atoms with Crippen LogP contribution in [0.15, 0.2) is 54.6 Å². The first-order valence-electron chi connectivity index (χ1n) is 6.38. The van der Waals surface area contributed by atoms with E-state index in [-0.39, 0.29) is 0 Å². The molecule has 0 radical (unpaired) electrons. The van der Waals surface area contributed by atoms with E-state index in [2.05, 4.69) is 82.5 Å². The van der Waals surface area contributed by atoms with Gasteiger partial charge in [0.05, 0.1) is 0 Å². The first-order valence-corrected chi connectivity index (χ1v) is 7.46. The van der Waals surface area contributed by atoms with Crippen LogP contribution in [0.3, 0.4) is 0 Å². The Hall–Kier alpha value is -1.03. The molecule has 0 aliphatic carbocycles. The topological polar surface area (TPSA) is 12.0 Å². The number of nitrogens with one attached hydrogen (secondary N) is 1. The van der Waals surface area contributed by atoms with Gasteiger partial charge in [-0.1, -0.05) is 36.4 Å². The second-order valence-electron chi connectivity index (χ2n) is 4.38. The zero-order valence-corrected chi connectivity index (χ0v) is 12.6. The Bertz CT molecular complexity index is 468. The average Bonchev–Trinajstić information content (AvgIpc) is 2.40. The maximum absolute atomic E-state index is 3.47. The van der Waals surface area contributed by atoms with Crippen molar-refractivity contribution in [3.05, 3.63) is 63.7 Å². The third-order valence-corrected chi connectivity index (χ3v) is 3.56. The molecule has 0 bridgehead atoms. The van der Waals surface area contributed by atoms with E-state index in [1.807, 2.05) is 0 Å². The van der Waals surface area contributed by atoms with E-state index >= 15 is 0 Å². The van der Waals surface area contributed by atoms with Gasteiger partial charge in [0.25, 0.3) is 0 Å². The highest BCUT2D eigenvalue weighted by molar-refractivity contribution is 14.1. The zero-order chi connectivity index (χ0) is 12.6. The molecule has 0 aromatic heterocycles. The van der Waals surface area contributed by atoms with E-state index in [0.29, 0.717) is 0 Å². The van der Waals surface area contributed by atoms with Crippen LogP contribution in [0.2, 0.25) is 0 Å². The molecule has 1 N–H and O–H groups in total. The number of hydrogen-bond acceptors (Lipinski definition) is 1. The van der Waals surface area contributed by atoms with Crippen molar-refractivity contribution in [2.45, 2.75) is 19.3 Å². The van der Waals surface area contributed by atoms with E-state index in [0.717, 1.165) is 6.54 Å². The summed E-state index contributed by atoms with van der Waals surface area (Å²) in [6.45, 7) is 1.05. The van der Waals surface area contributed by atoms with E-state index in [1.165, 1.54) is 34.1 Å². The van der Waals surface area contributed by atoms with Crippen LogP contribution in [-0.4, -0.2) is 6.54 Å². The lowest BCUT2D eigenvalue weighted by atomic mass is 10.1. The van der Waals surface area contributed by atoms with Crippen molar-refractivity contribution in [2.75, 3.05) is 11.9 Å². The number of benzene rings is 2. The van der Waals surface area contributed by atoms with Crippen molar-refractivity contribution in [2.24, 2.45) is 0 Å². The van der Waals surface area contributed by atoms with Gasteiger partial charge in [0, 0.05) is 15.8 Å². The molecule has 0 unspecified atom stereocenters. The zero-order valence-electron chi connectivity index (χ0n) is 10.4. The van der Waals surface area contributed by atoms with Crippen molar-refractivity contribution in [3.8, 4) is 0 Å². The molecule has 0 spiro atoms. The molecule has 2 aromatic carbocycles. The quantitative estimate of drug-likeness (QED) is 0.586. The minimum atomic E-state index is 1.05. The number of aryl methyl sites for hydroxylation is 1. The summed E-state index contributed by atoms with van der Waals surface area (Å²) in [5.74, 6) is 0. The third kappa shape index (κ3) is 4.69. The monoisotopic (exact) mass is 351 g/mol. The molecular formula is C16H18IN. The van der Waals surface area contributed by atoms with Crippen molar-refractivity contribution in [3.63, 3.8) is 0 Å². The van der Waals surface area contributed by atoms with Crippen LogP contribution >= 0.6 is 22.6 Å². The summed E-state index contributed by atoms with van der Waals surface area (Å²) in [5, 5.41) is 3.47. The Morgan fingerprint density at radius 2 is 1.72 bits per heavy atom. The minimum absolute atomic E-state index is 1.05. The van der Waals surface area contributed by atoms with Gasteiger partial charge >= 0.3 is 0 Å². The average molecular weight is 351 g/mol. The lowest BCUT2D eigenvalue weighted by molar-refractivity contribution is 0.763. The highest BCUT2D eigenvalue weighted by Crippen LogP contribution is 2.12. The number of rotatable bonds is 6. The minimum Gasteiger partial charge on any atom is -0.385 e. The van der Waals surface area contributed by atoms with Gasteiger partial charge in [0.15, 0.2) is 0 Å². The van der Waals surface area contributed by atoms with Crippen molar-refractivity contribution < 1.29 is 0 Å². The van der Waals surface area contributed by atoms with E-state index in [9.17, 15) is 0 Å². The molecule has 0 atom stereocenters. The normalized spacial score (nSPS) is 10.3. The van der Waals surface area contributed by atoms with Crippen LogP contribution in [-0.2, 0) is 6.42 Å². The molecule has 0 aliphatic heterocycles. The molecule has 0 amide bonds. The van der Waals surface area contributed by atoms with Crippen LogP contribution < -0.4 is 5.32 Å². The second-order valence-corrected chi connectivity index (χ2v) is 5.63. The Kier molecular flexibility index (Phi) is 5.52. The van der Waals surface area contributed by atoms with Gasteiger partial charge in [-0.25, -0.2) is 0 Å². The van der Waals surface area contributed by atoms with Crippen LogP contribution in [0.25, 0.3) is 0 Å². The van der Waals surface area contributed by atoms with Crippen molar-refractivity contribution in [1.82, 2.24) is 0 Å². The Morgan fingerprint density at radius 1 is 0.889 bits per heavy atom. The van der Waals surface area contributed by atoms with Gasteiger partial charge in [0.1, 0.15) is 0 Å². The van der Waals surface area contributed by atoms with E-state index in [4.69, 9.17) is 0 Å².